The number of likely N-dealkylation sites (tertiary alicyclic amines) is 1. The van der Waals surface area contributed by atoms with Gasteiger partial charge in [-0.3, -0.25) is 0 Å². The van der Waals surface area contributed by atoms with Gasteiger partial charge in [0.15, 0.2) is 0 Å². The summed E-state index contributed by atoms with van der Waals surface area (Å²) in [4.78, 5) is 2.43. The number of hydrogen-bond acceptors (Lipinski definition) is 2. The van der Waals surface area contributed by atoms with Crippen LogP contribution >= 0.6 is 23.2 Å². The second kappa shape index (κ2) is 6.65. The van der Waals surface area contributed by atoms with Crippen LogP contribution in [0.15, 0.2) is 18.2 Å². The van der Waals surface area contributed by atoms with E-state index >= 15 is 0 Å². The van der Waals surface area contributed by atoms with Crippen molar-refractivity contribution >= 4 is 23.2 Å². The monoisotopic (exact) mass is 314 g/mol. The zero-order valence-corrected chi connectivity index (χ0v) is 14.2. The molecule has 0 aromatic heterocycles. The van der Waals surface area contributed by atoms with Crippen molar-refractivity contribution in [1.29, 1.82) is 0 Å². The maximum Gasteiger partial charge on any atom is 0.0468 e. The second-order valence-electron chi connectivity index (χ2n) is 6.16. The lowest BCUT2D eigenvalue weighted by Crippen LogP contribution is -2.51. The van der Waals surface area contributed by atoms with Crippen LogP contribution in [0.25, 0.3) is 0 Å². The van der Waals surface area contributed by atoms with Gasteiger partial charge in [-0.05, 0) is 50.9 Å². The molecule has 0 saturated carbocycles. The number of piperidine rings is 1. The minimum Gasteiger partial charge on any atom is -0.307 e. The topological polar surface area (TPSA) is 15.3 Å². The molecular formula is C16H24Cl2N2. The van der Waals surface area contributed by atoms with Crippen molar-refractivity contribution in [1.82, 2.24) is 10.2 Å². The quantitative estimate of drug-likeness (QED) is 0.891. The summed E-state index contributed by atoms with van der Waals surface area (Å²) in [5, 5.41) is 5.17. The van der Waals surface area contributed by atoms with E-state index in [1.54, 1.807) is 0 Å². The molecule has 1 fully saturated rings. The van der Waals surface area contributed by atoms with E-state index in [1.807, 2.05) is 18.2 Å². The third kappa shape index (κ3) is 3.67. The van der Waals surface area contributed by atoms with E-state index in [1.165, 1.54) is 6.42 Å². The lowest BCUT2D eigenvalue weighted by molar-refractivity contribution is 0.116. The lowest BCUT2D eigenvalue weighted by atomic mass is 9.89. The molecule has 20 heavy (non-hydrogen) atoms. The average molecular weight is 315 g/mol. The summed E-state index contributed by atoms with van der Waals surface area (Å²) in [7, 11) is 2.21. The summed E-state index contributed by atoms with van der Waals surface area (Å²) < 4.78 is 0. The van der Waals surface area contributed by atoms with Crippen LogP contribution in [0.2, 0.25) is 10.0 Å². The molecule has 0 bridgehead atoms. The Kier molecular flexibility index (Phi) is 5.36. The van der Waals surface area contributed by atoms with Gasteiger partial charge in [0.25, 0.3) is 0 Å². The molecule has 4 heteroatoms. The number of nitrogens with zero attached hydrogens (tertiary/aromatic N) is 1. The number of benzene rings is 1. The lowest BCUT2D eigenvalue weighted by Gasteiger charge is -2.41. The van der Waals surface area contributed by atoms with Crippen LogP contribution in [-0.2, 0) is 0 Å². The molecule has 4 unspecified atom stereocenters. The molecule has 0 amide bonds. The SMILES string of the molecule is CC(NC1CC(C)N(C)CC1C)c1ccc(Cl)cc1Cl. The third-order valence-corrected chi connectivity index (χ3v) is 5.07. The first-order valence-corrected chi connectivity index (χ1v) is 8.05. The molecule has 1 saturated heterocycles. The van der Waals surface area contributed by atoms with Gasteiger partial charge in [0.05, 0.1) is 0 Å². The Morgan fingerprint density at radius 1 is 1.30 bits per heavy atom. The fraction of sp³-hybridized carbons (Fsp3) is 0.625. The van der Waals surface area contributed by atoms with Crippen LogP contribution in [-0.4, -0.2) is 30.6 Å². The molecule has 112 valence electrons. The van der Waals surface area contributed by atoms with E-state index in [9.17, 15) is 0 Å². The smallest absolute Gasteiger partial charge is 0.0468 e. The van der Waals surface area contributed by atoms with Gasteiger partial charge >= 0.3 is 0 Å². The van der Waals surface area contributed by atoms with Crippen LogP contribution in [0.5, 0.6) is 0 Å². The first-order chi connectivity index (χ1) is 9.38. The molecule has 1 aliphatic rings. The molecule has 2 rings (SSSR count). The summed E-state index contributed by atoms with van der Waals surface area (Å²) in [5.41, 5.74) is 1.12. The second-order valence-corrected chi connectivity index (χ2v) is 7.01. The van der Waals surface area contributed by atoms with Crippen molar-refractivity contribution in [2.24, 2.45) is 5.92 Å². The predicted octanol–water partition coefficient (Wildman–Crippen LogP) is 4.37. The Morgan fingerprint density at radius 2 is 2.00 bits per heavy atom. The highest BCUT2D eigenvalue weighted by Gasteiger charge is 2.29. The summed E-state index contributed by atoms with van der Waals surface area (Å²) in [6.45, 7) is 7.92. The maximum atomic E-state index is 6.30. The standard InChI is InChI=1S/C16H24Cl2N2/c1-10-9-20(4)11(2)7-16(10)19-12(3)14-6-5-13(17)8-15(14)18/h5-6,8,10-12,16,19H,7,9H2,1-4H3. The minimum atomic E-state index is 0.239. The van der Waals surface area contributed by atoms with Gasteiger partial charge < -0.3 is 10.2 Å². The summed E-state index contributed by atoms with van der Waals surface area (Å²) >= 11 is 12.3. The Balaban J connectivity index is 2.05. The van der Waals surface area contributed by atoms with E-state index < -0.39 is 0 Å². The number of nitrogens with one attached hydrogen (secondary N) is 1. The zero-order valence-electron chi connectivity index (χ0n) is 12.7. The molecule has 4 atom stereocenters. The Bertz CT molecular complexity index is 464. The highest BCUT2D eigenvalue weighted by molar-refractivity contribution is 6.35. The van der Waals surface area contributed by atoms with Gasteiger partial charge in [-0.25, -0.2) is 0 Å². The van der Waals surface area contributed by atoms with Gasteiger partial charge in [0.2, 0.25) is 0 Å². The van der Waals surface area contributed by atoms with E-state index in [-0.39, 0.29) is 6.04 Å². The normalized spacial score (nSPS) is 29.4. The van der Waals surface area contributed by atoms with Crippen LogP contribution in [0.3, 0.4) is 0 Å². The van der Waals surface area contributed by atoms with Crippen molar-refractivity contribution < 1.29 is 0 Å². The number of hydrogen-bond donors (Lipinski definition) is 1. The predicted molar refractivity (Wildman–Crippen MR) is 87.7 cm³/mol. The molecule has 1 aromatic carbocycles. The third-order valence-electron chi connectivity index (χ3n) is 4.50. The Hall–Kier alpha value is -0.280. The van der Waals surface area contributed by atoms with E-state index in [2.05, 4.69) is 38.0 Å². The van der Waals surface area contributed by atoms with Gasteiger partial charge in [-0.15, -0.1) is 0 Å². The van der Waals surface area contributed by atoms with E-state index in [4.69, 9.17) is 23.2 Å². The average Bonchev–Trinajstić information content (AvgIpc) is 2.35. The molecule has 1 aromatic rings. The fourth-order valence-corrected chi connectivity index (χ4v) is 3.61. The van der Waals surface area contributed by atoms with Gasteiger partial charge in [0.1, 0.15) is 0 Å². The zero-order chi connectivity index (χ0) is 14.9. The molecule has 0 radical (unpaired) electrons. The number of rotatable bonds is 3. The molecule has 0 spiro atoms. The summed E-state index contributed by atoms with van der Waals surface area (Å²) in [5.74, 6) is 0.643. The van der Waals surface area contributed by atoms with Crippen LogP contribution in [0, 0.1) is 5.92 Å². The first kappa shape index (κ1) is 16.1. The van der Waals surface area contributed by atoms with Crippen LogP contribution in [0.1, 0.15) is 38.8 Å². The van der Waals surface area contributed by atoms with Crippen molar-refractivity contribution in [2.45, 2.75) is 45.3 Å². The molecule has 1 aliphatic heterocycles. The van der Waals surface area contributed by atoms with E-state index in [0.29, 0.717) is 23.0 Å². The fourth-order valence-electron chi connectivity index (χ4n) is 3.04. The van der Waals surface area contributed by atoms with Crippen LogP contribution in [0.4, 0.5) is 0 Å². The van der Waals surface area contributed by atoms with E-state index in [0.717, 1.165) is 17.1 Å². The summed E-state index contributed by atoms with van der Waals surface area (Å²) in [6.07, 6.45) is 1.17. The van der Waals surface area contributed by atoms with Gasteiger partial charge in [-0.2, -0.15) is 0 Å². The molecular weight excluding hydrogens is 291 g/mol. The van der Waals surface area contributed by atoms with Crippen molar-refractivity contribution in [3.8, 4) is 0 Å². The minimum absolute atomic E-state index is 0.239. The molecule has 2 nitrogen and oxygen atoms in total. The molecule has 0 aliphatic carbocycles. The highest BCUT2D eigenvalue weighted by Crippen LogP contribution is 2.28. The Morgan fingerprint density at radius 3 is 2.65 bits per heavy atom. The Labute approximate surface area is 132 Å². The van der Waals surface area contributed by atoms with Gasteiger partial charge in [-0.1, -0.05) is 36.2 Å². The van der Waals surface area contributed by atoms with Crippen molar-refractivity contribution in [2.75, 3.05) is 13.6 Å². The number of halogens is 2. The van der Waals surface area contributed by atoms with Crippen LogP contribution < -0.4 is 5.32 Å². The molecule has 1 N–H and O–H groups in total. The molecule has 1 heterocycles. The van der Waals surface area contributed by atoms with Crippen molar-refractivity contribution in [3.63, 3.8) is 0 Å². The largest absolute Gasteiger partial charge is 0.307 e. The highest BCUT2D eigenvalue weighted by atomic mass is 35.5. The maximum absolute atomic E-state index is 6.30. The van der Waals surface area contributed by atoms with Crippen molar-refractivity contribution in [3.05, 3.63) is 33.8 Å². The van der Waals surface area contributed by atoms with Gasteiger partial charge in [0, 0.05) is 34.7 Å². The summed E-state index contributed by atoms with van der Waals surface area (Å²) in [6, 6.07) is 7.13. The first-order valence-electron chi connectivity index (χ1n) is 7.29.